The zero-order chi connectivity index (χ0) is 12.0. The van der Waals surface area contributed by atoms with Crippen molar-refractivity contribution in [2.75, 3.05) is 13.2 Å². The Kier molecular flexibility index (Phi) is 5.80. The van der Waals surface area contributed by atoms with Crippen LogP contribution in [0.2, 0.25) is 0 Å². The lowest BCUT2D eigenvalue weighted by Gasteiger charge is -2.13. The van der Waals surface area contributed by atoms with Crippen molar-refractivity contribution in [3.63, 3.8) is 0 Å². The van der Waals surface area contributed by atoms with Gasteiger partial charge in [-0.3, -0.25) is 0 Å². The number of benzene rings is 1. The minimum absolute atomic E-state index is 0.270. The fourth-order valence-electron chi connectivity index (χ4n) is 1.31. The molecule has 0 spiro atoms. The minimum atomic E-state index is 0.270. The SMILES string of the molecule is CCOCC(C)NCc1ccc(O)c(Br)c1. The molecule has 0 saturated carbocycles. The fraction of sp³-hybridized carbons (Fsp3) is 0.500. The van der Waals surface area contributed by atoms with Gasteiger partial charge in [0.05, 0.1) is 11.1 Å². The number of phenols is 1. The normalized spacial score (nSPS) is 12.7. The van der Waals surface area contributed by atoms with E-state index in [1.54, 1.807) is 6.07 Å². The Morgan fingerprint density at radius 3 is 2.88 bits per heavy atom. The van der Waals surface area contributed by atoms with Crippen LogP contribution < -0.4 is 5.32 Å². The monoisotopic (exact) mass is 287 g/mol. The first-order valence-corrected chi connectivity index (χ1v) is 6.21. The minimum Gasteiger partial charge on any atom is -0.507 e. The van der Waals surface area contributed by atoms with Gasteiger partial charge >= 0.3 is 0 Å². The summed E-state index contributed by atoms with van der Waals surface area (Å²) in [5.41, 5.74) is 1.13. The first-order chi connectivity index (χ1) is 7.63. The number of hydrogen-bond acceptors (Lipinski definition) is 3. The summed E-state index contributed by atoms with van der Waals surface area (Å²) >= 11 is 3.29. The molecule has 0 amide bonds. The van der Waals surface area contributed by atoms with Gasteiger partial charge in [-0.05, 0) is 47.5 Å². The summed E-state index contributed by atoms with van der Waals surface area (Å²) in [5, 5.41) is 12.7. The van der Waals surface area contributed by atoms with Crippen LogP contribution in [0.1, 0.15) is 19.4 Å². The molecular weight excluding hydrogens is 270 g/mol. The van der Waals surface area contributed by atoms with Crippen molar-refractivity contribution >= 4 is 15.9 Å². The Morgan fingerprint density at radius 2 is 2.25 bits per heavy atom. The molecule has 0 fully saturated rings. The second-order valence-corrected chi connectivity index (χ2v) is 4.58. The van der Waals surface area contributed by atoms with Crippen molar-refractivity contribution in [2.24, 2.45) is 0 Å². The lowest BCUT2D eigenvalue weighted by Crippen LogP contribution is -2.30. The van der Waals surface area contributed by atoms with Crippen molar-refractivity contribution < 1.29 is 9.84 Å². The molecule has 3 nitrogen and oxygen atoms in total. The molecule has 0 aliphatic carbocycles. The Labute approximate surface area is 105 Å². The van der Waals surface area contributed by atoms with E-state index in [0.29, 0.717) is 6.04 Å². The average Bonchev–Trinajstić information content (AvgIpc) is 2.28. The highest BCUT2D eigenvalue weighted by atomic mass is 79.9. The predicted molar refractivity (Wildman–Crippen MR) is 68.6 cm³/mol. The molecule has 1 aromatic rings. The summed E-state index contributed by atoms with van der Waals surface area (Å²) in [4.78, 5) is 0. The van der Waals surface area contributed by atoms with Crippen molar-refractivity contribution in [3.05, 3.63) is 28.2 Å². The zero-order valence-electron chi connectivity index (χ0n) is 9.66. The standard InChI is InChI=1S/C12H18BrNO2/c1-3-16-8-9(2)14-7-10-4-5-12(15)11(13)6-10/h4-6,9,14-15H,3,7-8H2,1-2H3. The number of rotatable bonds is 6. The van der Waals surface area contributed by atoms with E-state index in [2.05, 4.69) is 28.2 Å². The van der Waals surface area contributed by atoms with Crippen molar-refractivity contribution in [2.45, 2.75) is 26.4 Å². The lowest BCUT2D eigenvalue weighted by molar-refractivity contribution is 0.127. The number of phenolic OH excluding ortho intramolecular Hbond substituents is 1. The van der Waals surface area contributed by atoms with Crippen molar-refractivity contribution in [1.82, 2.24) is 5.32 Å². The highest BCUT2D eigenvalue weighted by Crippen LogP contribution is 2.24. The molecule has 0 aliphatic heterocycles. The number of ether oxygens (including phenoxy) is 1. The van der Waals surface area contributed by atoms with E-state index < -0.39 is 0 Å². The first kappa shape index (κ1) is 13.5. The summed E-state index contributed by atoms with van der Waals surface area (Å²) < 4.78 is 6.04. The molecule has 16 heavy (non-hydrogen) atoms. The molecule has 4 heteroatoms. The van der Waals surface area contributed by atoms with Gasteiger partial charge in [0.15, 0.2) is 0 Å². The second-order valence-electron chi connectivity index (χ2n) is 3.73. The number of nitrogens with one attached hydrogen (secondary N) is 1. The van der Waals surface area contributed by atoms with Gasteiger partial charge in [0, 0.05) is 19.2 Å². The van der Waals surface area contributed by atoms with E-state index in [4.69, 9.17) is 4.74 Å². The second kappa shape index (κ2) is 6.89. The topological polar surface area (TPSA) is 41.5 Å². The Balaban J connectivity index is 2.39. The van der Waals surface area contributed by atoms with Gasteiger partial charge in [-0.2, -0.15) is 0 Å². The molecule has 0 saturated heterocycles. The van der Waals surface area contributed by atoms with Gasteiger partial charge in [0.25, 0.3) is 0 Å². The summed E-state index contributed by atoms with van der Waals surface area (Å²) in [5.74, 6) is 0.270. The molecule has 0 bridgehead atoms. The molecule has 1 atom stereocenters. The predicted octanol–water partition coefficient (Wildman–Crippen LogP) is 2.67. The average molecular weight is 288 g/mol. The fourth-order valence-corrected chi connectivity index (χ4v) is 1.73. The molecule has 2 N–H and O–H groups in total. The van der Waals surface area contributed by atoms with E-state index in [1.165, 1.54) is 0 Å². The highest BCUT2D eigenvalue weighted by Gasteiger charge is 2.03. The molecule has 90 valence electrons. The van der Waals surface area contributed by atoms with Gasteiger partial charge < -0.3 is 15.2 Å². The van der Waals surface area contributed by atoms with Crippen molar-refractivity contribution in [3.8, 4) is 5.75 Å². The van der Waals surface area contributed by atoms with E-state index in [9.17, 15) is 5.11 Å². The van der Waals surface area contributed by atoms with E-state index in [0.717, 1.165) is 29.8 Å². The van der Waals surface area contributed by atoms with E-state index in [-0.39, 0.29) is 5.75 Å². The van der Waals surface area contributed by atoms with Crippen LogP contribution in [0, 0.1) is 0 Å². The summed E-state index contributed by atoms with van der Waals surface area (Å²) in [6.07, 6.45) is 0. The Bertz CT molecular complexity index is 331. The maximum absolute atomic E-state index is 9.35. The Hall–Kier alpha value is -0.580. The number of halogens is 1. The van der Waals surface area contributed by atoms with Crippen LogP contribution in [0.5, 0.6) is 5.75 Å². The van der Waals surface area contributed by atoms with E-state index in [1.807, 2.05) is 19.1 Å². The van der Waals surface area contributed by atoms with Crippen molar-refractivity contribution in [1.29, 1.82) is 0 Å². The smallest absolute Gasteiger partial charge is 0.129 e. The zero-order valence-corrected chi connectivity index (χ0v) is 11.3. The van der Waals surface area contributed by atoms with Gasteiger partial charge in [0.2, 0.25) is 0 Å². The Morgan fingerprint density at radius 1 is 1.50 bits per heavy atom. The molecule has 1 unspecified atom stereocenters. The first-order valence-electron chi connectivity index (χ1n) is 5.42. The van der Waals surface area contributed by atoms with Crippen LogP contribution >= 0.6 is 15.9 Å². The summed E-state index contributed by atoms with van der Waals surface area (Å²) in [7, 11) is 0. The molecule has 1 rings (SSSR count). The largest absolute Gasteiger partial charge is 0.507 e. The molecule has 0 heterocycles. The number of aromatic hydroxyl groups is 1. The van der Waals surface area contributed by atoms with E-state index >= 15 is 0 Å². The van der Waals surface area contributed by atoms with Gasteiger partial charge in [0.1, 0.15) is 5.75 Å². The third-order valence-corrected chi connectivity index (χ3v) is 2.87. The van der Waals surface area contributed by atoms with Gasteiger partial charge in [-0.15, -0.1) is 0 Å². The van der Waals surface area contributed by atoms with Crippen LogP contribution in [0.15, 0.2) is 22.7 Å². The molecular formula is C12H18BrNO2. The maximum atomic E-state index is 9.35. The van der Waals surface area contributed by atoms with Gasteiger partial charge in [-0.1, -0.05) is 6.07 Å². The molecule has 1 aromatic carbocycles. The van der Waals surface area contributed by atoms with Crippen LogP contribution in [0.25, 0.3) is 0 Å². The third kappa shape index (κ3) is 4.51. The van der Waals surface area contributed by atoms with Crippen LogP contribution in [-0.4, -0.2) is 24.4 Å². The van der Waals surface area contributed by atoms with Crippen LogP contribution in [0.4, 0.5) is 0 Å². The van der Waals surface area contributed by atoms with Crippen LogP contribution in [-0.2, 0) is 11.3 Å². The molecule has 0 radical (unpaired) electrons. The van der Waals surface area contributed by atoms with Gasteiger partial charge in [-0.25, -0.2) is 0 Å². The maximum Gasteiger partial charge on any atom is 0.129 e. The lowest BCUT2D eigenvalue weighted by atomic mass is 10.2. The number of hydrogen-bond donors (Lipinski definition) is 2. The third-order valence-electron chi connectivity index (χ3n) is 2.24. The summed E-state index contributed by atoms with van der Waals surface area (Å²) in [6, 6.07) is 5.83. The van der Waals surface area contributed by atoms with Crippen LogP contribution in [0.3, 0.4) is 0 Å². The summed E-state index contributed by atoms with van der Waals surface area (Å²) in [6.45, 7) is 6.31. The quantitative estimate of drug-likeness (QED) is 0.845. The highest BCUT2D eigenvalue weighted by molar-refractivity contribution is 9.10. The molecule has 0 aromatic heterocycles. The molecule has 0 aliphatic rings.